The highest BCUT2D eigenvalue weighted by atomic mass is 14.6. The van der Waals surface area contributed by atoms with Crippen molar-refractivity contribution in [2.75, 3.05) is 6.54 Å². The van der Waals surface area contributed by atoms with Crippen molar-refractivity contribution in [3.05, 3.63) is 0 Å². The minimum atomic E-state index is 0.495. The van der Waals surface area contributed by atoms with Crippen molar-refractivity contribution in [1.29, 1.82) is 0 Å². The molecule has 0 bridgehead atoms. The number of unbranched alkanes of at least 4 members (excludes halogenated alkanes) is 6. The first-order chi connectivity index (χ1) is 8.34. The van der Waals surface area contributed by atoms with Gasteiger partial charge < -0.3 is 11.5 Å². The Kier molecular flexibility index (Phi) is 8.72. The lowest BCUT2D eigenvalue weighted by molar-refractivity contribution is 0.394. The van der Waals surface area contributed by atoms with Gasteiger partial charge in [-0.05, 0) is 38.1 Å². The minimum Gasteiger partial charge on any atom is -0.330 e. The Morgan fingerprint density at radius 2 is 1.35 bits per heavy atom. The molecule has 0 aromatic heterocycles. The first-order valence-electron chi connectivity index (χ1n) is 7.80. The third kappa shape index (κ3) is 7.05. The van der Waals surface area contributed by atoms with Gasteiger partial charge in [0, 0.05) is 6.04 Å². The van der Waals surface area contributed by atoms with Crippen LogP contribution in [-0.2, 0) is 0 Å². The summed E-state index contributed by atoms with van der Waals surface area (Å²) in [6.45, 7) is 0.857. The van der Waals surface area contributed by atoms with Crippen LogP contribution in [0.4, 0.5) is 0 Å². The van der Waals surface area contributed by atoms with Crippen molar-refractivity contribution in [2.45, 2.75) is 83.1 Å². The van der Waals surface area contributed by atoms with Crippen LogP contribution in [-0.4, -0.2) is 12.6 Å². The SMILES string of the molecule is NCCCCCCCCCC(N)C1CCCC1. The molecule has 0 amide bonds. The van der Waals surface area contributed by atoms with E-state index in [2.05, 4.69) is 0 Å². The average Bonchev–Trinajstić information content (AvgIpc) is 2.86. The summed E-state index contributed by atoms with van der Waals surface area (Å²) in [7, 11) is 0. The Balaban J connectivity index is 1.83. The van der Waals surface area contributed by atoms with Crippen molar-refractivity contribution in [1.82, 2.24) is 0 Å². The highest BCUT2D eigenvalue weighted by molar-refractivity contribution is 4.77. The molecular formula is C15H32N2. The smallest absolute Gasteiger partial charge is 0.00671 e. The molecule has 0 aliphatic heterocycles. The maximum Gasteiger partial charge on any atom is 0.00671 e. The largest absolute Gasteiger partial charge is 0.330 e. The van der Waals surface area contributed by atoms with E-state index in [4.69, 9.17) is 11.5 Å². The maximum atomic E-state index is 6.25. The highest BCUT2D eigenvalue weighted by Gasteiger charge is 2.21. The summed E-state index contributed by atoms with van der Waals surface area (Å²) in [4.78, 5) is 0. The highest BCUT2D eigenvalue weighted by Crippen LogP contribution is 2.28. The molecule has 0 saturated heterocycles. The molecule has 102 valence electrons. The second-order valence-corrected chi connectivity index (χ2v) is 5.76. The van der Waals surface area contributed by atoms with Crippen LogP contribution in [0.3, 0.4) is 0 Å². The second kappa shape index (κ2) is 9.90. The molecule has 4 N–H and O–H groups in total. The van der Waals surface area contributed by atoms with E-state index in [9.17, 15) is 0 Å². The first kappa shape index (κ1) is 15.0. The summed E-state index contributed by atoms with van der Waals surface area (Å²) >= 11 is 0. The molecule has 1 unspecified atom stereocenters. The Hall–Kier alpha value is -0.0800. The van der Waals surface area contributed by atoms with Gasteiger partial charge in [-0.3, -0.25) is 0 Å². The summed E-state index contributed by atoms with van der Waals surface area (Å²) in [6.07, 6.45) is 16.3. The molecule has 1 fully saturated rings. The van der Waals surface area contributed by atoms with Gasteiger partial charge in [-0.1, -0.05) is 51.4 Å². The van der Waals surface area contributed by atoms with Gasteiger partial charge in [0.1, 0.15) is 0 Å². The topological polar surface area (TPSA) is 52.0 Å². The number of hydrogen-bond donors (Lipinski definition) is 2. The molecule has 1 saturated carbocycles. The summed E-state index contributed by atoms with van der Waals surface area (Å²) < 4.78 is 0. The Morgan fingerprint density at radius 1 is 0.824 bits per heavy atom. The van der Waals surface area contributed by atoms with Gasteiger partial charge in [0.2, 0.25) is 0 Å². The molecule has 1 aliphatic carbocycles. The standard InChI is InChI=1S/C15H32N2/c16-13-9-5-3-1-2-4-6-12-15(17)14-10-7-8-11-14/h14-15H,1-13,16-17H2. The number of hydrogen-bond acceptors (Lipinski definition) is 2. The number of nitrogens with two attached hydrogens (primary N) is 2. The zero-order chi connectivity index (χ0) is 12.3. The van der Waals surface area contributed by atoms with Crippen LogP contribution in [0, 0.1) is 5.92 Å². The average molecular weight is 240 g/mol. The molecule has 1 rings (SSSR count). The van der Waals surface area contributed by atoms with E-state index < -0.39 is 0 Å². The van der Waals surface area contributed by atoms with Crippen molar-refractivity contribution < 1.29 is 0 Å². The van der Waals surface area contributed by atoms with Gasteiger partial charge in [0.15, 0.2) is 0 Å². The molecule has 2 nitrogen and oxygen atoms in total. The van der Waals surface area contributed by atoms with Gasteiger partial charge in [0.05, 0.1) is 0 Å². The third-order valence-electron chi connectivity index (χ3n) is 4.25. The first-order valence-corrected chi connectivity index (χ1v) is 7.80. The van der Waals surface area contributed by atoms with Gasteiger partial charge >= 0.3 is 0 Å². The quantitative estimate of drug-likeness (QED) is 0.573. The number of rotatable bonds is 10. The maximum absolute atomic E-state index is 6.25. The van der Waals surface area contributed by atoms with Crippen LogP contribution in [0.1, 0.15) is 77.0 Å². The molecular weight excluding hydrogens is 208 g/mol. The fraction of sp³-hybridized carbons (Fsp3) is 1.00. The molecule has 17 heavy (non-hydrogen) atoms. The normalized spacial score (nSPS) is 18.7. The second-order valence-electron chi connectivity index (χ2n) is 5.76. The van der Waals surface area contributed by atoms with Crippen LogP contribution >= 0.6 is 0 Å². The van der Waals surface area contributed by atoms with Crippen molar-refractivity contribution in [2.24, 2.45) is 17.4 Å². The van der Waals surface area contributed by atoms with E-state index in [-0.39, 0.29) is 0 Å². The van der Waals surface area contributed by atoms with Crippen molar-refractivity contribution in [3.8, 4) is 0 Å². The lowest BCUT2D eigenvalue weighted by Gasteiger charge is -2.18. The minimum absolute atomic E-state index is 0.495. The molecule has 0 spiro atoms. The zero-order valence-electron chi connectivity index (χ0n) is 11.5. The Bertz CT molecular complexity index is 164. The molecule has 1 atom stereocenters. The van der Waals surface area contributed by atoms with Crippen LogP contribution in [0.2, 0.25) is 0 Å². The van der Waals surface area contributed by atoms with Crippen LogP contribution in [0.15, 0.2) is 0 Å². The predicted molar refractivity (Wildman–Crippen MR) is 75.9 cm³/mol. The molecule has 0 heterocycles. The van der Waals surface area contributed by atoms with Gasteiger partial charge in [0.25, 0.3) is 0 Å². The molecule has 0 radical (unpaired) electrons. The summed E-state index contributed by atoms with van der Waals surface area (Å²) in [5.41, 5.74) is 11.7. The lowest BCUT2D eigenvalue weighted by Crippen LogP contribution is -2.28. The molecule has 0 aromatic carbocycles. The van der Waals surface area contributed by atoms with Gasteiger partial charge in [-0.25, -0.2) is 0 Å². The predicted octanol–water partition coefficient (Wildman–Crippen LogP) is 3.58. The summed E-state index contributed by atoms with van der Waals surface area (Å²) in [6, 6.07) is 0.495. The van der Waals surface area contributed by atoms with Gasteiger partial charge in [-0.15, -0.1) is 0 Å². The van der Waals surface area contributed by atoms with E-state index in [1.165, 1.54) is 77.0 Å². The fourth-order valence-corrected chi connectivity index (χ4v) is 3.03. The third-order valence-corrected chi connectivity index (χ3v) is 4.25. The van der Waals surface area contributed by atoms with Crippen LogP contribution in [0.5, 0.6) is 0 Å². The van der Waals surface area contributed by atoms with E-state index in [0.29, 0.717) is 6.04 Å². The Morgan fingerprint density at radius 3 is 1.94 bits per heavy atom. The van der Waals surface area contributed by atoms with Gasteiger partial charge in [-0.2, -0.15) is 0 Å². The molecule has 2 heteroatoms. The lowest BCUT2D eigenvalue weighted by atomic mass is 9.94. The monoisotopic (exact) mass is 240 g/mol. The van der Waals surface area contributed by atoms with E-state index >= 15 is 0 Å². The fourth-order valence-electron chi connectivity index (χ4n) is 3.03. The van der Waals surface area contributed by atoms with Crippen molar-refractivity contribution >= 4 is 0 Å². The zero-order valence-corrected chi connectivity index (χ0v) is 11.5. The van der Waals surface area contributed by atoms with E-state index in [1.807, 2.05) is 0 Å². The Labute approximate surface area is 108 Å². The van der Waals surface area contributed by atoms with E-state index in [1.54, 1.807) is 0 Å². The van der Waals surface area contributed by atoms with Crippen molar-refractivity contribution in [3.63, 3.8) is 0 Å². The summed E-state index contributed by atoms with van der Waals surface area (Å²) in [5.74, 6) is 0.847. The summed E-state index contributed by atoms with van der Waals surface area (Å²) in [5, 5.41) is 0. The van der Waals surface area contributed by atoms with Crippen LogP contribution in [0.25, 0.3) is 0 Å². The molecule has 0 aromatic rings. The molecule has 1 aliphatic rings. The van der Waals surface area contributed by atoms with E-state index in [0.717, 1.165) is 12.5 Å². The van der Waals surface area contributed by atoms with Crippen LogP contribution < -0.4 is 11.5 Å².